The molecule has 0 aromatic carbocycles. The molecule has 1 aromatic heterocycles. The van der Waals surface area contributed by atoms with Crippen molar-refractivity contribution in [2.24, 2.45) is 0 Å². The quantitative estimate of drug-likeness (QED) is 0.610. The van der Waals surface area contributed by atoms with E-state index >= 15 is 0 Å². The van der Waals surface area contributed by atoms with Gasteiger partial charge in [0, 0.05) is 11.9 Å². The highest BCUT2D eigenvalue weighted by Crippen LogP contribution is 2.00. The molecule has 1 heterocycles. The van der Waals surface area contributed by atoms with Gasteiger partial charge in [0.15, 0.2) is 0 Å². The van der Waals surface area contributed by atoms with Crippen LogP contribution < -0.4 is 4.74 Å². The Kier molecular flexibility index (Phi) is 2.60. The topological polar surface area (TPSA) is 35.0 Å². The first kappa shape index (κ1) is 7.72. The van der Waals surface area contributed by atoms with Gasteiger partial charge in [0.1, 0.15) is 6.61 Å². The van der Waals surface area contributed by atoms with Crippen LogP contribution in [0.3, 0.4) is 0 Å². The molecule has 0 saturated heterocycles. The van der Waals surface area contributed by atoms with Crippen molar-refractivity contribution in [3.8, 4) is 6.01 Å². The fourth-order valence-corrected chi connectivity index (χ4v) is 0.629. The van der Waals surface area contributed by atoms with E-state index < -0.39 is 0 Å². The molecule has 0 N–H and O–H groups in total. The lowest BCUT2D eigenvalue weighted by Crippen LogP contribution is -1.98. The second kappa shape index (κ2) is 3.71. The summed E-state index contributed by atoms with van der Waals surface area (Å²) >= 11 is 0. The zero-order valence-electron chi connectivity index (χ0n) is 6.45. The molecule has 0 amide bonds. The van der Waals surface area contributed by atoms with E-state index in [0.717, 1.165) is 5.69 Å². The Morgan fingerprint density at radius 3 is 3.18 bits per heavy atom. The molecule has 1 rings (SSSR count). The number of nitrogens with zero attached hydrogens (tertiary/aromatic N) is 2. The van der Waals surface area contributed by atoms with Crippen LogP contribution in [-0.4, -0.2) is 16.6 Å². The third-order valence-electron chi connectivity index (χ3n) is 1.10. The van der Waals surface area contributed by atoms with E-state index in [0.29, 0.717) is 12.6 Å². The number of hydrogen-bond donors (Lipinski definition) is 0. The third-order valence-corrected chi connectivity index (χ3v) is 1.10. The molecule has 0 radical (unpaired) electrons. The molecule has 58 valence electrons. The van der Waals surface area contributed by atoms with Crippen LogP contribution in [0.1, 0.15) is 5.69 Å². The number of ether oxygens (including phenoxy) is 1. The highest BCUT2D eigenvalue weighted by molar-refractivity contribution is 5.03. The molecule has 0 bridgehead atoms. The summed E-state index contributed by atoms with van der Waals surface area (Å²) in [5.74, 6) is 0. The van der Waals surface area contributed by atoms with E-state index in [2.05, 4.69) is 16.5 Å². The van der Waals surface area contributed by atoms with E-state index in [1.165, 1.54) is 0 Å². The van der Waals surface area contributed by atoms with E-state index in [-0.39, 0.29) is 0 Å². The summed E-state index contributed by atoms with van der Waals surface area (Å²) in [6.07, 6.45) is 3.33. The van der Waals surface area contributed by atoms with Crippen molar-refractivity contribution in [3.63, 3.8) is 0 Å². The molecule has 0 aliphatic heterocycles. The lowest BCUT2D eigenvalue weighted by atomic mass is 10.5. The van der Waals surface area contributed by atoms with Crippen LogP contribution >= 0.6 is 0 Å². The first-order valence-corrected chi connectivity index (χ1v) is 3.36. The predicted octanol–water partition coefficient (Wildman–Crippen LogP) is 1.35. The van der Waals surface area contributed by atoms with Gasteiger partial charge in [-0.05, 0) is 13.0 Å². The monoisotopic (exact) mass is 150 g/mol. The molecule has 0 fully saturated rings. The summed E-state index contributed by atoms with van der Waals surface area (Å²) in [6, 6.07) is 2.23. The lowest BCUT2D eigenvalue weighted by molar-refractivity contribution is 0.332. The van der Waals surface area contributed by atoms with Crippen molar-refractivity contribution >= 4 is 0 Å². The average molecular weight is 150 g/mol. The zero-order valence-corrected chi connectivity index (χ0v) is 6.45. The summed E-state index contributed by atoms with van der Waals surface area (Å²) in [4.78, 5) is 7.93. The van der Waals surface area contributed by atoms with Gasteiger partial charge in [0.05, 0.1) is 0 Å². The largest absolute Gasteiger partial charge is 0.459 e. The fourth-order valence-electron chi connectivity index (χ4n) is 0.629. The molecular formula is C8H10N2O. The molecule has 0 unspecified atom stereocenters. The van der Waals surface area contributed by atoms with Gasteiger partial charge >= 0.3 is 6.01 Å². The summed E-state index contributed by atoms with van der Waals surface area (Å²) in [6.45, 7) is 5.86. The molecule has 0 aliphatic rings. The minimum Gasteiger partial charge on any atom is -0.459 e. The van der Waals surface area contributed by atoms with E-state index in [9.17, 15) is 0 Å². The van der Waals surface area contributed by atoms with Gasteiger partial charge in [-0.2, -0.15) is 0 Å². The molecule has 3 heteroatoms. The van der Waals surface area contributed by atoms with Crippen molar-refractivity contribution in [1.29, 1.82) is 0 Å². The SMILES string of the molecule is C=CCOc1nccc(C)n1. The van der Waals surface area contributed by atoms with Crippen LogP contribution in [0.25, 0.3) is 0 Å². The Balaban J connectivity index is 2.63. The molecule has 0 atom stereocenters. The highest BCUT2D eigenvalue weighted by Gasteiger charge is 1.93. The number of rotatable bonds is 3. The van der Waals surface area contributed by atoms with Crippen LogP contribution in [0.4, 0.5) is 0 Å². The summed E-state index contributed by atoms with van der Waals surface area (Å²) in [7, 11) is 0. The Labute approximate surface area is 65.8 Å². The van der Waals surface area contributed by atoms with Gasteiger partial charge in [0.25, 0.3) is 0 Å². The van der Waals surface area contributed by atoms with Crippen LogP contribution in [0.15, 0.2) is 24.9 Å². The van der Waals surface area contributed by atoms with Crippen LogP contribution in [0.5, 0.6) is 6.01 Å². The molecule has 0 saturated carbocycles. The molecule has 0 aliphatic carbocycles. The maximum Gasteiger partial charge on any atom is 0.316 e. The summed E-state index contributed by atoms with van der Waals surface area (Å²) in [5, 5.41) is 0. The van der Waals surface area contributed by atoms with Crippen LogP contribution in [0.2, 0.25) is 0 Å². The molecule has 3 nitrogen and oxygen atoms in total. The van der Waals surface area contributed by atoms with Gasteiger partial charge in [-0.15, -0.1) is 0 Å². The van der Waals surface area contributed by atoms with Gasteiger partial charge in [0.2, 0.25) is 0 Å². The number of aromatic nitrogens is 2. The molecule has 1 aromatic rings. The van der Waals surface area contributed by atoms with E-state index in [1.54, 1.807) is 12.3 Å². The summed E-state index contributed by atoms with van der Waals surface area (Å²) < 4.78 is 5.10. The second-order valence-corrected chi connectivity index (χ2v) is 2.08. The van der Waals surface area contributed by atoms with Gasteiger partial charge in [-0.25, -0.2) is 9.97 Å². The molecule has 11 heavy (non-hydrogen) atoms. The smallest absolute Gasteiger partial charge is 0.316 e. The first-order chi connectivity index (χ1) is 5.33. The minimum atomic E-state index is 0.407. The zero-order chi connectivity index (χ0) is 8.10. The maximum atomic E-state index is 5.10. The second-order valence-electron chi connectivity index (χ2n) is 2.08. The number of aryl methyl sites for hydroxylation is 1. The first-order valence-electron chi connectivity index (χ1n) is 3.36. The lowest BCUT2D eigenvalue weighted by Gasteiger charge is -1.99. The van der Waals surface area contributed by atoms with Crippen molar-refractivity contribution in [2.75, 3.05) is 6.61 Å². The Morgan fingerprint density at radius 2 is 2.55 bits per heavy atom. The Morgan fingerprint density at radius 1 is 1.73 bits per heavy atom. The number of hydrogen-bond acceptors (Lipinski definition) is 3. The third kappa shape index (κ3) is 2.37. The Bertz CT molecular complexity index is 248. The standard InChI is InChI=1S/C8H10N2O/c1-3-6-11-8-9-5-4-7(2)10-8/h3-5H,1,6H2,2H3. The maximum absolute atomic E-state index is 5.10. The van der Waals surface area contributed by atoms with Crippen molar-refractivity contribution in [1.82, 2.24) is 9.97 Å². The predicted molar refractivity (Wildman–Crippen MR) is 42.5 cm³/mol. The minimum absolute atomic E-state index is 0.407. The van der Waals surface area contributed by atoms with Crippen LogP contribution in [0, 0.1) is 6.92 Å². The average Bonchev–Trinajstić information content (AvgIpc) is 2.01. The van der Waals surface area contributed by atoms with Crippen molar-refractivity contribution in [3.05, 3.63) is 30.6 Å². The van der Waals surface area contributed by atoms with Gasteiger partial charge in [-0.1, -0.05) is 12.7 Å². The van der Waals surface area contributed by atoms with Gasteiger partial charge < -0.3 is 4.74 Å². The molecule has 0 spiro atoms. The van der Waals surface area contributed by atoms with E-state index in [4.69, 9.17) is 4.74 Å². The van der Waals surface area contributed by atoms with E-state index in [1.807, 2.05) is 13.0 Å². The van der Waals surface area contributed by atoms with Crippen molar-refractivity contribution < 1.29 is 4.74 Å². The fraction of sp³-hybridized carbons (Fsp3) is 0.250. The Hall–Kier alpha value is -1.38. The highest BCUT2D eigenvalue weighted by atomic mass is 16.5. The summed E-state index contributed by atoms with van der Waals surface area (Å²) in [5.41, 5.74) is 0.902. The van der Waals surface area contributed by atoms with Gasteiger partial charge in [-0.3, -0.25) is 0 Å². The molecular weight excluding hydrogens is 140 g/mol. The van der Waals surface area contributed by atoms with Crippen molar-refractivity contribution in [2.45, 2.75) is 6.92 Å². The van der Waals surface area contributed by atoms with Crippen LogP contribution in [-0.2, 0) is 0 Å². The normalized spacial score (nSPS) is 9.18.